The molecule has 6 heteroatoms. The average molecular weight is 342 g/mol. The van der Waals surface area contributed by atoms with Crippen molar-refractivity contribution in [1.82, 2.24) is 4.72 Å². The predicted octanol–water partition coefficient (Wildman–Crippen LogP) is 3.96. The van der Waals surface area contributed by atoms with Crippen molar-refractivity contribution < 1.29 is 8.42 Å². The maximum atomic E-state index is 12.5. The van der Waals surface area contributed by atoms with Gasteiger partial charge in [0.15, 0.2) is 0 Å². The number of halogens is 2. The van der Waals surface area contributed by atoms with E-state index in [1.807, 2.05) is 24.3 Å². The van der Waals surface area contributed by atoms with Crippen LogP contribution in [0, 0.1) is 0 Å². The SMILES string of the molecule is O=S(=O)(N[C@@H]1CCc2ccccc21)c1cccc(Cl)c1Cl. The molecular weight excluding hydrogens is 329 g/mol. The van der Waals surface area contributed by atoms with Crippen LogP contribution in [0.25, 0.3) is 0 Å². The molecule has 0 aliphatic heterocycles. The summed E-state index contributed by atoms with van der Waals surface area (Å²) in [6, 6.07) is 12.2. The minimum absolute atomic E-state index is 0.0149. The molecule has 1 aliphatic carbocycles. The van der Waals surface area contributed by atoms with Crippen LogP contribution >= 0.6 is 23.2 Å². The Morgan fingerprint density at radius 3 is 2.62 bits per heavy atom. The number of rotatable bonds is 3. The van der Waals surface area contributed by atoms with Gasteiger partial charge in [-0.05, 0) is 36.1 Å². The van der Waals surface area contributed by atoms with E-state index >= 15 is 0 Å². The molecule has 0 amide bonds. The third-order valence-corrected chi connectivity index (χ3v) is 6.08. The molecule has 3 nitrogen and oxygen atoms in total. The molecule has 0 unspecified atom stereocenters. The number of sulfonamides is 1. The summed E-state index contributed by atoms with van der Waals surface area (Å²) in [6.07, 6.45) is 1.61. The minimum Gasteiger partial charge on any atom is -0.207 e. The van der Waals surface area contributed by atoms with E-state index in [9.17, 15) is 8.42 Å². The van der Waals surface area contributed by atoms with Crippen molar-refractivity contribution in [2.75, 3.05) is 0 Å². The molecule has 110 valence electrons. The van der Waals surface area contributed by atoms with Gasteiger partial charge in [-0.3, -0.25) is 0 Å². The Kier molecular flexibility index (Phi) is 3.97. The summed E-state index contributed by atoms with van der Waals surface area (Å²) in [6.45, 7) is 0. The van der Waals surface area contributed by atoms with Gasteiger partial charge >= 0.3 is 0 Å². The third kappa shape index (κ3) is 2.81. The second-order valence-electron chi connectivity index (χ2n) is 4.96. The fourth-order valence-corrected chi connectivity index (χ4v) is 4.63. The molecule has 1 atom stereocenters. The van der Waals surface area contributed by atoms with E-state index in [4.69, 9.17) is 23.2 Å². The van der Waals surface area contributed by atoms with Gasteiger partial charge in [-0.15, -0.1) is 0 Å². The monoisotopic (exact) mass is 341 g/mol. The number of hydrogen-bond acceptors (Lipinski definition) is 2. The Morgan fingerprint density at radius 1 is 1.05 bits per heavy atom. The normalized spacial score (nSPS) is 17.7. The Morgan fingerprint density at radius 2 is 1.81 bits per heavy atom. The van der Waals surface area contributed by atoms with Gasteiger partial charge < -0.3 is 0 Å². The summed E-state index contributed by atoms with van der Waals surface area (Å²) in [5.41, 5.74) is 2.21. The zero-order valence-electron chi connectivity index (χ0n) is 11.0. The number of benzene rings is 2. The zero-order chi connectivity index (χ0) is 15.0. The summed E-state index contributed by atoms with van der Waals surface area (Å²) >= 11 is 11.9. The van der Waals surface area contributed by atoms with Crippen molar-refractivity contribution in [2.45, 2.75) is 23.8 Å². The largest absolute Gasteiger partial charge is 0.242 e. The lowest BCUT2D eigenvalue weighted by molar-refractivity contribution is 0.554. The zero-order valence-corrected chi connectivity index (χ0v) is 13.3. The highest BCUT2D eigenvalue weighted by atomic mass is 35.5. The van der Waals surface area contributed by atoms with Gasteiger partial charge in [0.2, 0.25) is 10.0 Å². The lowest BCUT2D eigenvalue weighted by Gasteiger charge is -2.15. The first-order chi connectivity index (χ1) is 9.99. The molecule has 0 saturated carbocycles. The van der Waals surface area contributed by atoms with Crippen LogP contribution in [0.3, 0.4) is 0 Å². The van der Waals surface area contributed by atoms with Crippen molar-refractivity contribution in [3.05, 3.63) is 63.6 Å². The molecule has 0 heterocycles. The summed E-state index contributed by atoms with van der Waals surface area (Å²) in [5, 5.41) is 0.282. The van der Waals surface area contributed by atoms with Gasteiger partial charge in [0, 0.05) is 6.04 Å². The maximum absolute atomic E-state index is 12.5. The van der Waals surface area contributed by atoms with E-state index in [-0.39, 0.29) is 21.0 Å². The number of nitrogens with one attached hydrogen (secondary N) is 1. The van der Waals surface area contributed by atoms with Crippen molar-refractivity contribution >= 4 is 33.2 Å². The van der Waals surface area contributed by atoms with Crippen LogP contribution < -0.4 is 4.72 Å². The highest BCUT2D eigenvalue weighted by molar-refractivity contribution is 7.89. The molecule has 0 fully saturated rings. The molecule has 21 heavy (non-hydrogen) atoms. The first-order valence-corrected chi connectivity index (χ1v) is 8.77. The van der Waals surface area contributed by atoms with Crippen molar-refractivity contribution in [3.63, 3.8) is 0 Å². The van der Waals surface area contributed by atoms with E-state index < -0.39 is 10.0 Å². The number of aryl methyl sites for hydroxylation is 1. The van der Waals surface area contributed by atoms with Crippen LogP contribution in [-0.2, 0) is 16.4 Å². The van der Waals surface area contributed by atoms with Gasteiger partial charge in [-0.25, -0.2) is 13.1 Å². The van der Waals surface area contributed by atoms with E-state index in [2.05, 4.69) is 4.72 Å². The Bertz CT molecular complexity index is 790. The summed E-state index contributed by atoms with van der Waals surface area (Å²) in [7, 11) is -3.71. The molecule has 0 bridgehead atoms. The van der Waals surface area contributed by atoms with Crippen LogP contribution in [0.15, 0.2) is 47.4 Å². The topological polar surface area (TPSA) is 46.2 Å². The predicted molar refractivity (Wildman–Crippen MR) is 84.3 cm³/mol. The molecular formula is C15H13Cl2NO2S. The average Bonchev–Trinajstić information content (AvgIpc) is 2.84. The Hall–Kier alpha value is -1.07. The van der Waals surface area contributed by atoms with Crippen LogP contribution in [0.4, 0.5) is 0 Å². The fraction of sp³-hybridized carbons (Fsp3) is 0.200. The van der Waals surface area contributed by atoms with E-state index in [0.717, 1.165) is 18.4 Å². The molecule has 0 radical (unpaired) electrons. The second kappa shape index (κ2) is 5.61. The Labute approximate surface area is 133 Å². The quantitative estimate of drug-likeness (QED) is 0.918. The number of hydrogen-bond donors (Lipinski definition) is 1. The minimum atomic E-state index is -3.71. The summed E-state index contributed by atoms with van der Waals surface area (Å²) < 4.78 is 27.8. The van der Waals surface area contributed by atoms with Crippen molar-refractivity contribution in [2.24, 2.45) is 0 Å². The van der Waals surface area contributed by atoms with Crippen molar-refractivity contribution in [1.29, 1.82) is 0 Å². The molecule has 2 aromatic carbocycles. The third-order valence-electron chi connectivity index (χ3n) is 3.64. The lowest BCUT2D eigenvalue weighted by Crippen LogP contribution is -2.27. The molecule has 1 aliphatic rings. The van der Waals surface area contributed by atoms with E-state index in [0.29, 0.717) is 0 Å². The molecule has 0 spiro atoms. The molecule has 2 aromatic rings. The summed E-state index contributed by atoms with van der Waals surface area (Å²) in [5.74, 6) is 0. The van der Waals surface area contributed by atoms with Crippen LogP contribution in [0.1, 0.15) is 23.6 Å². The van der Waals surface area contributed by atoms with E-state index in [1.54, 1.807) is 12.1 Å². The standard InChI is InChI=1S/C15H13Cl2NO2S/c16-12-6-3-7-14(15(12)17)21(19,20)18-13-9-8-10-4-1-2-5-11(10)13/h1-7,13,18H,8-9H2/t13-/m1/s1. The second-order valence-corrected chi connectivity index (χ2v) is 7.43. The van der Waals surface area contributed by atoms with E-state index in [1.165, 1.54) is 11.6 Å². The van der Waals surface area contributed by atoms with Gasteiger partial charge in [0.1, 0.15) is 4.90 Å². The first-order valence-electron chi connectivity index (χ1n) is 6.53. The fourth-order valence-electron chi connectivity index (χ4n) is 2.62. The van der Waals surface area contributed by atoms with Crippen molar-refractivity contribution in [3.8, 4) is 0 Å². The first kappa shape index (κ1) is 14.9. The smallest absolute Gasteiger partial charge is 0.207 e. The van der Waals surface area contributed by atoms with Gasteiger partial charge in [-0.2, -0.15) is 0 Å². The van der Waals surface area contributed by atoms with Gasteiger partial charge in [0.25, 0.3) is 0 Å². The molecule has 1 N–H and O–H groups in total. The molecule has 0 aromatic heterocycles. The van der Waals surface area contributed by atoms with Crippen LogP contribution in [0.5, 0.6) is 0 Å². The maximum Gasteiger partial charge on any atom is 0.242 e. The lowest BCUT2D eigenvalue weighted by atomic mass is 10.1. The number of fused-ring (bicyclic) bond motifs is 1. The van der Waals surface area contributed by atoms with Gasteiger partial charge in [0.05, 0.1) is 10.0 Å². The molecule has 3 rings (SSSR count). The van der Waals surface area contributed by atoms with Gasteiger partial charge in [-0.1, -0.05) is 53.5 Å². The molecule has 0 saturated heterocycles. The summed E-state index contributed by atoms with van der Waals surface area (Å²) in [4.78, 5) is 0.0149. The van der Waals surface area contributed by atoms with Crippen LogP contribution in [0.2, 0.25) is 10.0 Å². The highest BCUT2D eigenvalue weighted by Gasteiger charge is 2.28. The highest BCUT2D eigenvalue weighted by Crippen LogP contribution is 2.34. The van der Waals surface area contributed by atoms with Crippen LogP contribution in [-0.4, -0.2) is 8.42 Å². The Balaban J connectivity index is 1.93.